The number of aryl methyl sites for hydroxylation is 1. The summed E-state index contributed by atoms with van der Waals surface area (Å²) in [7, 11) is -5.13. The highest BCUT2D eigenvalue weighted by Crippen LogP contribution is 2.47. The number of phosphoric acid groups is 1. The maximum atomic E-state index is 11.2. The average Bonchev–Trinajstić information content (AvgIpc) is 3.09. The van der Waals surface area contributed by atoms with E-state index < -0.39 is 29.9 Å². The van der Waals surface area contributed by atoms with Gasteiger partial charge in [0.25, 0.3) is 5.89 Å². The summed E-state index contributed by atoms with van der Waals surface area (Å²) in [6.45, 7) is 3.32. The van der Waals surface area contributed by atoms with Gasteiger partial charge < -0.3 is 14.2 Å². The molecule has 3 rings (SSSR count). The minimum Gasteiger partial charge on any atom is -0.500 e. The van der Waals surface area contributed by atoms with Crippen LogP contribution in [-0.4, -0.2) is 34.9 Å². The third-order valence-corrected chi connectivity index (χ3v) is 5.12. The Morgan fingerprint density at radius 1 is 1.23 bits per heavy atom. The van der Waals surface area contributed by atoms with Crippen LogP contribution in [0.25, 0.3) is 22.8 Å². The van der Waals surface area contributed by atoms with Gasteiger partial charge >= 0.3 is 13.5 Å². The summed E-state index contributed by atoms with van der Waals surface area (Å²) in [6, 6.07) is 1.77. The van der Waals surface area contributed by atoms with Crippen LogP contribution in [0.5, 0.6) is 11.5 Å². The van der Waals surface area contributed by atoms with Crippen LogP contribution in [0.2, 0.25) is 10.2 Å². The topological polar surface area (TPSA) is 182 Å². The molecule has 0 aliphatic carbocycles. The van der Waals surface area contributed by atoms with Gasteiger partial charge in [-0.25, -0.2) is 9.55 Å². The molecule has 0 amide bonds. The van der Waals surface area contributed by atoms with Crippen LogP contribution in [0.4, 0.5) is 5.69 Å². The van der Waals surface area contributed by atoms with E-state index in [4.69, 9.17) is 37.5 Å². The Bertz CT molecular complexity index is 1230. The van der Waals surface area contributed by atoms with Crippen molar-refractivity contribution >= 4 is 36.7 Å². The Morgan fingerprint density at radius 2 is 1.90 bits per heavy atom. The van der Waals surface area contributed by atoms with Gasteiger partial charge in [0.05, 0.1) is 26.8 Å². The van der Waals surface area contributed by atoms with Crippen LogP contribution in [0.1, 0.15) is 11.3 Å². The Morgan fingerprint density at radius 3 is 2.50 bits per heavy atom. The SMILES string of the molecule is Cc1nc(Cl)c(-c2noc(-c3cc(OP(=O)(O)O)c(O)c([N+](=O)[O-])c3)n2)c(C)c1Cl. The maximum absolute atomic E-state index is 11.2. The quantitative estimate of drug-likeness (QED) is 0.210. The summed E-state index contributed by atoms with van der Waals surface area (Å²) < 4.78 is 20.5. The lowest BCUT2D eigenvalue weighted by Gasteiger charge is -2.09. The molecule has 0 aliphatic rings. The van der Waals surface area contributed by atoms with Crippen molar-refractivity contribution in [1.29, 1.82) is 0 Å². The lowest BCUT2D eigenvalue weighted by Crippen LogP contribution is -1.96. The Labute approximate surface area is 177 Å². The van der Waals surface area contributed by atoms with E-state index in [2.05, 4.69) is 19.6 Å². The molecule has 2 aromatic heterocycles. The fourth-order valence-electron chi connectivity index (χ4n) is 2.54. The van der Waals surface area contributed by atoms with E-state index in [1.54, 1.807) is 13.8 Å². The van der Waals surface area contributed by atoms with Crippen molar-refractivity contribution in [2.45, 2.75) is 13.8 Å². The van der Waals surface area contributed by atoms with Gasteiger partial charge in [-0.3, -0.25) is 19.9 Å². The molecule has 0 saturated carbocycles. The molecule has 3 N–H and O–H groups in total. The molecule has 0 fully saturated rings. The number of nitro groups is 1. The number of aromatic nitrogens is 3. The summed E-state index contributed by atoms with van der Waals surface area (Å²) in [5.74, 6) is -2.24. The molecule has 0 aliphatic heterocycles. The van der Waals surface area contributed by atoms with Crippen LogP contribution in [0, 0.1) is 24.0 Å². The Balaban J connectivity index is 2.15. The van der Waals surface area contributed by atoms with E-state index in [9.17, 15) is 19.8 Å². The monoisotopic (exact) mass is 476 g/mol. The number of phosphoric ester groups is 1. The van der Waals surface area contributed by atoms with Crippen molar-refractivity contribution in [3.8, 4) is 34.3 Å². The number of phenols is 1. The number of hydrogen-bond acceptors (Lipinski definition) is 9. The van der Waals surface area contributed by atoms with Crippen molar-refractivity contribution in [3.05, 3.63) is 43.7 Å². The largest absolute Gasteiger partial charge is 0.524 e. The van der Waals surface area contributed by atoms with Crippen LogP contribution >= 0.6 is 31.0 Å². The first-order chi connectivity index (χ1) is 13.9. The molecule has 15 heteroatoms. The summed E-state index contributed by atoms with van der Waals surface area (Å²) in [5.41, 5.74) is 0.220. The lowest BCUT2D eigenvalue weighted by atomic mass is 10.1. The average molecular weight is 477 g/mol. The second-order valence-corrected chi connectivity index (χ2v) is 7.81. The van der Waals surface area contributed by atoms with Gasteiger partial charge in [-0.05, 0) is 25.5 Å². The van der Waals surface area contributed by atoms with Crippen molar-refractivity contribution in [3.63, 3.8) is 0 Å². The van der Waals surface area contributed by atoms with E-state index in [0.29, 0.717) is 16.3 Å². The maximum Gasteiger partial charge on any atom is 0.524 e. The highest BCUT2D eigenvalue weighted by molar-refractivity contribution is 7.46. The second-order valence-electron chi connectivity index (χ2n) is 5.91. The number of benzene rings is 1. The van der Waals surface area contributed by atoms with Gasteiger partial charge in [0, 0.05) is 6.07 Å². The molecule has 0 radical (unpaired) electrons. The van der Waals surface area contributed by atoms with Crippen LogP contribution in [-0.2, 0) is 4.57 Å². The molecule has 30 heavy (non-hydrogen) atoms. The first-order valence-corrected chi connectivity index (χ1v) is 10.1. The number of nitrogens with zero attached hydrogens (tertiary/aromatic N) is 4. The fourth-order valence-corrected chi connectivity index (χ4v) is 3.43. The van der Waals surface area contributed by atoms with Crippen LogP contribution in [0.15, 0.2) is 16.7 Å². The molecule has 158 valence electrons. The first-order valence-electron chi connectivity index (χ1n) is 7.82. The Kier molecular flexibility index (Phi) is 5.72. The highest BCUT2D eigenvalue weighted by Gasteiger charge is 2.28. The van der Waals surface area contributed by atoms with Crippen molar-refractivity contribution in [2.75, 3.05) is 0 Å². The van der Waals surface area contributed by atoms with Crippen molar-refractivity contribution in [2.24, 2.45) is 0 Å². The van der Waals surface area contributed by atoms with E-state index >= 15 is 0 Å². The fraction of sp³-hybridized carbons (Fsp3) is 0.133. The minimum absolute atomic E-state index is 0.0323. The third-order valence-electron chi connectivity index (χ3n) is 3.86. The predicted molar refractivity (Wildman–Crippen MR) is 103 cm³/mol. The summed E-state index contributed by atoms with van der Waals surface area (Å²) in [6.07, 6.45) is 0. The third kappa shape index (κ3) is 4.23. The molecule has 0 unspecified atom stereocenters. The summed E-state index contributed by atoms with van der Waals surface area (Å²) in [5, 5.41) is 25.2. The lowest BCUT2D eigenvalue weighted by molar-refractivity contribution is -0.385. The molecule has 0 spiro atoms. The second kappa shape index (κ2) is 7.82. The number of hydrogen-bond donors (Lipinski definition) is 3. The first kappa shape index (κ1) is 21.9. The minimum atomic E-state index is -5.13. The van der Waals surface area contributed by atoms with Gasteiger partial charge in [-0.1, -0.05) is 28.4 Å². The van der Waals surface area contributed by atoms with Crippen molar-refractivity contribution in [1.82, 2.24) is 15.1 Å². The smallest absolute Gasteiger partial charge is 0.500 e. The molecule has 1 aromatic carbocycles. The molecule has 0 atom stereocenters. The number of aromatic hydroxyl groups is 1. The van der Waals surface area contributed by atoms with Crippen molar-refractivity contribution < 1.29 is 33.4 Å². The normalized spacial score (nSPS) is 11.5. The highest BCUT2D eigenvalue weighted by atomic mass is 35.5. The molecule has 3 aromatic rings. The molecular weight excluding hydrogens is 466 g/mol. The zero-order valence-corrected chi connectivity index (χ0v) is 17.4. The van der Waals surface area contributed by atoms with E-state index in [0.717, 1.165) is 12.1 Å². The zero-order chi connectivity index (χ0) is 22.4. The Hall–Kier alpha value is -2.76. The van der Waals surface area contributed by atoms with Gasteiger partial charge in [0.1, 0.15) is 5.15 Å². The number of halogens is 2. The van der Waals surface area contributed by atoms with Gasteiger partial charge in [0.2, 0.25) is 11.6 Å². The predicted octanol–water partition coefficient (Wildman–Crippen LogP) is 3.81. The van der Waals surface area contributed by atoms with Gasteiger partial charge in [0.15, 0.2) is 5.75 Å². The van der Waals surface area contributed by atoms with Crippen LogP contribution < -0.4 is 4.52 Å². The van der Waals surface area contributed by atoms with Crippen LogP contribution in [0.3, 0.4) is 0 Å². The van der Waals surface area contributed by atoms with E-state index in [-0.39, 0.29) is 28.0 Å². The molecule has 2 heterocycles. The molecule has 0 saturated heterocycles. The van der Waals surface area contributed by atoms with E-state index in [1.165, 1.54) is 0 Å². The summed E-state index contributed by atoms with van der Waals surface area (Å²) in [4.78, 5) is 36.3. The van der Waals surface area contributed by atoms with Gasteiger partial charge in [-0.15, -0.1) is 0 Å². The zero-order valence-electron chi connectivity index (χ0n) is 15.0. The number of rotatable bonds is 5. The van der Waals surface area contributed by atoms with Gasteiger partial charge in [-0.2, -0.15) is 4.98 Å². The molecule has 12 nitrogen and oxygen atoms in total. The molecular formula is C15H11Cl2N4O8P. The number of phenolic OH excluding ortho intramolecular Hbond substituents is 1. The summed E-state index contributed by atoms with van der Waals surface area (Å²) >= 11 is 12.3. The standard InChI is InChI=1S/C15H11Cl2N4O8P/c1-5-10(13(17)18-6(2)11(5)16)14-19-15(28-20-14)7-3-8(21(23)24)12(22)9(4-7)29-30(25,26)27/h3-4,22H,1-2H3,(H2,25,26,27). The molecule has 0 bridgehead atoms. The number of nitro benzene ring substituents is 1. The van der Waals surface area contributed by atoms with E-state index in [1.807, 2.05) is 0 Å². The number of pyridine rings is 1.